The van der Waals surface area contributed by atoms with Crippen molar-refractivity contribution < 1.29 is 19.7 Å². The highest BCUT2D eigenvalue weighted by Gasteiger charge is 2.32. The van der Waals surface area contributed by atoms with Crippen LogP contribution in [0.2, 0.25) is 0 Å². The highest BCUT2D eigenvalue weighted by atomic mass is 16.5. The number of aliphatic hydroxyl groups is 2. The lowest BCUT2D eigenvalue weighted by molar-refractivity contribution is 0.196. The molecule has 0 saturated carbocycles. The van der Waals surface area contributed by atoms with Crippen molar-refractivity contribution in [1.82, 2.24) is 0 Å². The molecule has 0 saturated heterocycles. The number of methoxy groups -OCH3 is 1. The average molecular weight is 335 g/mol. The molecule has 24 heavy (non-hydrogen) atoms. The van der Waals surface area contributed by atoms with Crippen LogP contribution in [0.4, 0.5) is 0 Å². The fourth-order valence-corrected chi connectivity index (χ4v) is 2.81. The van der Waals surface area contributed by atoms with E-state index in [1.807, 2.05) is 6.92 Å². The van der Waals surface area contributed by atoms with Crippen LogP contribution < -0.4 is 9.47 Å². The van der Waals surface area contributed by atoms with Gasteiger partial charge in [0, 0.05) is 13.2 Å². The van der Waals surface area contributed by atoms with Gasteiger partial charge in [0.2, 0.25) is 0 Å². The molecule has 5 nitrogen and oxygen atoms in total. The van der Waals surface area contributed by atoms with E-state index in [1.54, 1.807) is 25.3 Å². The van der Waals surface area contributed by atoms with Crippen LogP contribution in [0.25, 0.3) is 0 Å². The highest BCUT2D eigenvalue weighted by Crippen LogP contribution is 2.37. The number of hydrogen-bond acceptors (Lipinski definition) is 5. The fraction of sp³-hybridized carbons (Fsp3) is 0.632. The first-order chi connectivity index (χ1) is 11.6. The normalized spacial score (nSPS) is 12.5. The summed E-state index contributed by atoms with van der Waals surface area (Å²) >= 11 is 0. The Morgan fingerprint density at radius 2 is 1.88 bits per heavy atom. The molecule has 1 aromatic rings. The molecule has 134 valence electrons. The first kappa shape index (κ1) is 20.3. The number of unbranched alkanes of at least 4 members (excludes halogenated alkanes) is 1. The number of aliphatic hydroxyl groups excluding tert-OH is 2. The Kier molecular flexibility index (Phi) is 8.59. The summed E-state index contributed by atoms with van der Waals surface area (Å²) in [5, 5.41) is 28.4. The molecule has 2 N–H and O–H groups in total. The molecule has 0 aliphatic carbocycles. The minimum absolute atomic E-state index is 0.0428. The highest BCUT2D eigenvalue weighted by molar-refractivity contribution is 5.47. The van der Waals surface area contributed by atoms with Gasteiger partial charge in [-0.25, -0.2) is 0 Å². The lowest BCUT2D eigenvalue weighted by Gasteiger charge is -2.27. The van der Waals surface area contributed by atoms with E-state index < -0.39 is 5.41 Å². The van der Waals surface area contributed by atoms with Gasteiger partial charge in [-0.15, -0.1) is 0 Å². The quantitative estimate of drug-likeness (QED) is 0.649. The Balaban J connectivity index is 3.16. The summed E-state index contributed by atoms with van der Waals surface area (Å²) in [5.74, 6) is 1.20. The minimum Gasteiger partial charge on any atom is -0.493 e. The molecule has 0 aliphatic rings. The summed E-state index contributed by atoms with van der Waals surface area (Å²) in [5.41, 5.74) is -0.202. The number of ether oxygens (including phenoxy) is 2. The first-order valence-electron chi connectivity index (χ1n) is 8.55. The second kappa shape index (κ2) is 10.2. The summed E-state index contributed by atoms with van der Waals surface area (Å²) < 4.78 is 11.4. The number of hydrogen-bond donors (Lipinski definition) is 2. The average Bonchev–Trinajstić information content (AvgIpc) is 2.59. The third-order valence-electron chi connectivity index (χ3n) is 4.30. The Hall–Kier alpha value is -1.77. The van der Waals surface area contributed by atoms with Gasteiger partial charge >= 0.3 is 0 Å². The van der Waals surface area contributed by atoms with E-state index in [0.29, 0.717) is 11.5 Å². The molecule has 0 heterocycles. The standard InChI is InChI=1S/C19H29NO4/c1-4-5-6-15(2)24-18-13-16(7-8-17(18)23-3)19(14-20,9-11-21)10-12-22/h7-8,13,15,21-22H,4-6,9-12H2,1-3H3. The molecule has 1 unspecified atom stereocenters. The predicted molar refractivity (Wildman–Crippen MR) is 93.3 cm³/mol. The van der Waals surface area contributed by atoms with E-state index in [-0.39, 0.29) is 32.2 Å². The molecule has 1 aromatic carbocycles. The topological polar surface area (TPSA) is 82.7 Å². The third kappa shape index (κ3) is 5.12. The van der Waals surface area contributed by atoms with Crippen molar-refractivity contribution in [1.29, 1.82) is 5.26 Å². The minimum atomic E-state index is -0.930. The molecular weight excluding hydrogens is 306 g/mol. The van der Waals surface area contributed by atoms with Gasteiger partial charge in [-0.1, -0.05) is 25.8 Å². The molecule has 0 amide bonds. The molecule has 0 aliphatic heterocycles. The maximum absolute atomic E-state index is 9.66. The van der Waals surface area contributed by atoms with Crippen LogP contribution in [-0.2, 0) is 5.41 Å². The van der Waals surface area contributed by atoms with Gasteiger partial charge in [0.25, 0.3) is 0 Å². The van der Waals surface area contributed by atoms with E-state index in [9.17, 15) is 15.5 Å². The molecule has 0 spiro atoms. The molecule has 0 aromatic heterocycles. The third-order valence-corrected chi connectivity index (χ3v) is 4.30. The van der Waals surface area contributed by atoms with Gasteiger partial charge in [0.05, 0.1) is 24.7 Å². The van der Waals surface area contributed by atoms with Crippen molar-refractivity contribution in [2.45, 2.75) is 57.5 Å². The lowest BCUT2D eigenvalue weighted by atomic mass is 9.76. The van der Waals surface area contributed by atoms with Crippen molar-refractivity contribution in [2.75, 3.05) is 20.3 Å². The van der Waals surface area contributed by atoms with Crippen LogP contribution in [0.1, 0.15) is 51.5 Å². The van der Waals surface area contributed by atoms with Crippen LogP contribution in [0, 0.1) is 11.3 Å². The second-order valence-corrected chi connectivity index (χ2v) is 6.08. The van der Waals surface area contributed by atoms with Gasteiger partial charge in [0.1, 0.15) is 0 Å². The van der Waals surface area contributed by atoms with E-state index in [1.165, 1.54) is 0 Å². The van der Waals surface area contributed by atoms with Crippen LogP contribution in [0.3, 0.4) is 0 Å². The van der Waals surface area contributed by atoms with Gasteiger partial charge in [-0.05, 0) is 43.9 Å². The zero-order valence-electron chi connectivity index (χ0n) is 14.9. The molecule has 1 rings (SSSR count). The molecule has 5 heteroatoms. The summed E-state index contributed by atoms with van der Waals surface area (Å²) in [6, 6.07) is 7.65. The largest absolute Gasteiger partial charge is 0.493 e. The molecule has 0 radical (unpaired) electrons. The van der Waals surface area contributed by atoms with Crippen LogP contribution >= 0.6 is 0 Å². The van der Waals surface area contributed by atoms with Crippen molar-refractivity contribution in [3.8, 4) is 17.6 Å². The van der Waals surface area contributed by atoms with Gasteiger partial charge in [0.15, 0.2) is 11.5 Å². The summed E-state index contributed by atoms with van der Waals surface area (Å²) in [6.07, 6.45) is 3.71. The SMILES string of the molecule is CCCCC(C)Oc1cc(C(C#N)(CCO)CCO)ccc1OC. The number of nitrogens with zero attached hydrogens (tertiary/aromatic N) is 1. The Labute approximate surface area is 144 Å². The molecular formula is C19H29NO4. The zero-order valence-corrected chi connectivity index (χ0v) is 14.9. The maximum atomic E-state index is 9.66. The number of benzene rings is 1. The molecule has 0 fully saturated rings. The van der Waals surface area contributed by atoms with E-state index in [4.69, 9.17) is 9.47 Å². The summed E-state index contributed by atoms with van der Waals surface area (Å²) in [7, 11) is 1.58. The van der Waals surface area contributed by atoms with E-state index in [0.717, 1.165) is 24.8 Å². The van der Waals surface area contributed by atoms with Gasteiger partial charge in [-0.2, -0.15) is 5.26 Å². The monoisotopic (exact) mass is 335 g/mol. The van der Waals surface area contributed by atoms with Crippen molar-refractivity contribution in [2.24, 2.45) is 0 Å². The van der Waals surface area contributed by atoms with Crippen LogP contribution in [0.5, 0.6) is 11.5 Å². The Morgan fingerprint density at radius 3 is 2.38 bits per heavy atom. The van der Waals surface area contributed by atoms with Crippen molar-refractivity contribution >= 4 is 0 Å². The lowest BCUT2D eigenvalue weighted by Crippen LogP contribution is -2.27. The summed E-state index contributed by atoms with van der Waals surface area (Å²) in [4.78, 5) is 0. The Bertz CT molecular complexity index is 533. The number of nitriles is 1. The van der Waals surface area contributed by atoms with Gasteiger partial charge in [-0.3, -0.25) is 0 Å². The number of rotatable bonds is 11. The smallest absolute Gasteiger partial charge is 0.161 e. The molecule has 0 bridgehead atoms. The predicted octanol–water partition coefficient (Wildman–Crippen LogP) is 3.18. The van der Waals surface area contributed by atoms with Gasteiger partial charge < -0.3 is 19.7 Å². The molecule has 1 atom stereocenters. The van der Waals surface area contributed by atoms with Crippen LogP contribution in [-0.4, -0.2) is 36.6 Å². The fourth-order valence-electron chi connectivity index (χ4n) is 2.81. The summed E-state index contributed by atoms with van der Waals surface area (Å²) in [6.45, 7) is 3.91. The van der Waals surface area contributed by atoms with Crippen molar-refractivity contribution in [3.63, 3.8) is 0 Å². The maximum Gasteiger partial charge on any atom is 0.161 e. The van der Waals surface area contributed by atoms with Crippen molar-refractivity contribution in [3.05, 3.63) is 23.8 Å². The Morgan fingerprint density at radius 1 is 1.21 bits per heavy atom. The van der Waals surface area contributed by atoms with E-state index >= 15 is 0 Å². The van der Waals surface area contributed by atoms with Crippen LogP contribution in [0.15, 0.2) is 18.2 Å². The zero-order chi connectivity index (χ0) is 18.0. The van der Waals surface area contributed by atoms with E-state index in [2.05, 4.69) is 13.0 Å². The second-order valence-electron chi connectivity index (χ2n) is 6.08. The first-order valence-corrected chi connectivity index (χ1v) is 8.55.